The summed E-state index contributed by atoms with van der Waals surface area (Å²) < 4.78 is 17.9. The Kier molecular flexibility index (Phi) is 6.87. The fourth-order valence-electron chi connectivity index (χ4n) is 2.98. The van der Waals surface area contributed by atoms with Crippen molar-refractivity contribution in [2.24, 2.45) is 0 Å². The molecule has 0 bridgehead atoms. The molecule has 0 saturated heterocycles. The number of aromatic nitrogens is 1. The number of ether oxygens (including phenoxy) is 2. The SMILES string of the molecule is CCCCOc1c(C(=O)OCC)n(Cc2ccco2)c(=O)c2cc(Cl)c(Cl)cc12. The van der Waals surface area contributed by atoms with Gasteiger partial charge in [0.25, 0.3) is 5.56 Å². The minimum absolute atomic E-state index is 0.0234. The number of furan rings is 1. The van der Waals surface area contributed by atoms with Gasteiger partial charge in [-0.3, -0.25) is 9.36 Å². The molecular weight excluding hydrogens is 417 g/mol. The van der Waals surface area contributed by atoms with Crippen LogP contribution in [0.1, 0.15) is 42.9 Å². The number of carbonyl (C=O) groups is 1. The smallest absolute Gasteiger partial charge is 0.358 e. The molecule has 0 amide bonds. The van der Waals surface area contributed by atoms with Crippen molar-refractivity contribution in [3.63, 3.8) is 0 Å². The molecule has 0 fully saturated rings. The molecule has 8 heteroatoms. The van der Waals surface area contributed by atoms with E-state index in [9.17, 15) is 9.59 Å². The number of rotatable bonds is 8. The Morgan fingerprint density at radius 2 is 1.90 bits per heavy atom. The molecule has 3 aromatic rings. The average Bonchev–Trinajstić information content (AvgIpc) is 3.20. The zero-order chi connectivity index (χ0) is 21.0. The van der Waals surface area contributed by atoms with E-state index in [4.69, 9.17) is 37.1 Å². The highest BCUT2D eigenvalue weighted by molar-refractivity contribution is 6.42. The van der Waals surface area contributed by atoms with E-state index < -0.39 is 11.5 Å². The molecule has 154 valence electrons. The first-order valence-corrected chi connectivity index (χ1v) is 10.1. The predicted molar refractivity (Wildman–Crippen MR) is 112 cm³/mol. The molecule has 1 aromatic carbocycles. The fourth-order valence-corrected chi connectivity index (χ4v) is 3.31. The highest BCUT2D eigenvalue weighted by atomic mass is 35.5. The zero-order valence-corrected chi connectivity index (χ0v) is 17.7. The Balaban J connectivity index is 2.33. The van der Waals surface area contributed by atoms with Crippen LogP contribution in [0.3, 0.4) is 0 Å². The van der Waals surface area contributed by atoms with Crippen LogP contribution in [-0.2, 0) is 11.3 Å². The highest BCUT2D eigenvalue weighted by Crippen LogP contribution is 2.34. The number of nitrogens with zero attached hydrogens (tertiary/aromatic N) is 1. The third kappa shape index (κ3) is 4.43. The number of hydrogen-bond donors (Lipinski definition) is 0. The van der Waals surface area contributed by atoms with E-state index in [2.05, 4.69) is 0 Å². The molecule has 0 unspecified atom stereocenters. The number of hydrogen-bond acceptors (Lipinski definition) is 5. The molecule has 0 aliphatic carbocycles. The van der Waals surface area contributed by atoms with Gasteiger partial charge in [-0.25, -0.2) is 4.79 Å². The predicted octanol–water partition coefficient (Wildman–Crippen LogP) is 5.31. The maximum absolute atomic E-state index is 13.3. The van der Waals surface area contributed by atoms with Gasteiger partial charge >= 0.3 is 5.97 Å². The lowest BCUT2D eigenvalue weighted by Crippen LogP contribution is -2.29. The van der Waals surface area contributed by atoms with Crippen molar-refractivity contribution in [1.29, 1.82) is 0 Å². The molecule has 0 atom stereocenters. The Morgan fingerprint density at radius 3 is 2.52 bits per heavy atom. The number of benzene rings is 1. The number of esters is 1. The summed E-state index contributed by atoms with van der Waals surface area (Å²) in [6.45, 7) is 4.30. The maximum Gasteiger partial charge on any atom is 0.358 e. The van der Waals surface area contributed by atoms with Gasteiger partial charge in [0, 0.05) is 5.39 Å². The summed E-state index contributed by atoms with van der Waals surface area (Å²) in [5, 5.41) is 1.21. The monoisotopic (exact) mass is 437 g/mol. The van der Waals surface area contributed by atoms with E-state index in [1.807, 2.05) is 6.92 Å². The summed E-state index contributed by atoms with van der Waals surface area (Å²) in [4.78, 5) is 26.1. The highest BCUT2D eigenvalue weighted by Gasteiger charge is 2.26. The third-order valence-corrected chi connectivity index (χ3v) is 5.09. The first-order valence-electron chi connectivity index (χ1n) is 9.35. The number of pyridine rings is 1. The van der Waals surface area contributed by atoms with Crippen LogP contribution in [0.2, 0.25) is 10.0 Å². The third-order valence-electron chi connectivity index (χ3n) is 4.37. The van der Waals surface area contributed by atoms with Crippen molar-refractivity contribution < 1.29 is 18.7 Å². The van der Waals surface area contributed by atoms with Gasteiger partial charge in [-0.05, 0) is 37.6 Å². The van der Waals surface area contributed by atoms with Crippen molar-refractivity contribution in [2.45, 2.75) is 33.2 Å². The van der Waals surface area contributed by atoms with Crippen molar-refractivity contribution in [3.8, 4) is 5.75 Å². The molecule has 0 saturated carbocycles. The van der Waals surface area contributed by atoms with E-state index in [1.165, 1.54) is 16.9 Å². The van der Waals surface area contributed by atoms with Crippen LogP contribution in [0.25, 0.3) is 10.8 Å². The van der Waals surface area contributed by atoms with E-state index in [-0.39, 0.29) is 34.6 Å². The Morgan fingerprint density at radius 1 is 1.17 bits per heavy atom. The van der Waals surface area contributed by atoms with Gasteiger partial charge in [0.1, 0.15) is 5.76 Å². The summed E-state index contributed by atoms with van der Waals surface area (Å²) >= 11 is 12.3. The molecule has 3 rings (SSSR count). The summed E-state index contributed by atoms with van der Waals surface area (Å²) in [6.07, 6.45) is 3.19. The van der Waals surface area contributed by atoms with Crippen LogP contribution < -0.4 is 10.3 Å². The topological polar surface area (TPSA) is 70.7 Å². The van der Waals surface area contributed by atoms with Gasteiger partial charge in [-0.1, -0.05) is 36.5 Å². The molecule has 0 radical (unpaired) electrons. The second-order valence-electron chi connectivity index (χ2n) is 6.38. The van der Waals surface area contributed by atoms with Crippen LogP contribution in [0.5, 0.6) is 5.75 Å². The van der Waals surface area contributed by atoms with Gasteiger partial charge in [0.15, 0.2) is 11.4 Å². The van der Waals surface area contributed by atoms with Crippen molar-refractivity contribution in [2.75, 3.05) is 13.2 Å². The molecule has 0 aliphatic heterocycles. The van der Waals surface area contributed by atoms with Crippen LogP contribution in [0, 0.1) is 0 Å². The Labute approximate surface area is 177 Å². The van der Waals surface area contributed by atoms with Crippen molar-refractivity contribution in [1.82, 2.24) is 4.57 Å². The first-order chi connectivity index (χ1) is 14.0. The van der Waals surface area contributed by atoms with Gasteiger partial charge < -0.3 is 13.9 Å². The lowest BCUT2D eigenvalue weighted by molar-refractivity contribution is 0.0507. The first kappa shape index (κ1) is 21.3. The van der Waals surface area contributed by atoms with Crippen LogP contribution >= 0.6 is 23.2 Å². The Bertz CT molecular complexity index is 1070. The van der Waals surface area contributed by atoms with E-state index in [0.717, 1.165) is 12.8 Å². The van der Waals surface area contributed by atoms with Gasteiger partial charge in [-0.2, -0.15) is 0 Å². The lowest BCUT2D eigenvalue weighted by atomic mass is 10.1. The molecule has 6 nitrogen and oxygen atoms in total. The Hall–Kier alpha value is -2.44. The van der Waals surface area contributed by atoms with E-state index >= 15 is 0 Å². The van der Waals surface area contributed by atoms with Crippen LogP contribution in [0.4, 0.5) is 0 Å². The van der Waals surface area contributed by atoms with Crippen LogP contribution in [0.15, 0.2) is 39.7 Å². The number of halogens is 2. The quantitative estimate of drug-likeness (QED) is 0.352. The molecule has 29 heavy (non-hydrogen) atoms. The second-order valence-corrected chi connectivity index (χ2v) is 7.20. The average molecular weight is 438 g/mol. The minimum atomic E-state index is -0.657. The molecule has 0 aliphatic rings. The van der Waals surface area contributed by atoms with Crippen LogP contribution in [-0.4, -0.2) is 23.8 Å². The van der Waals surface area contributed by atoms with Gasteiger partial charge in [0.05, 0.1) is 41.5 Å². The minimum Gasteiger partial charge on any atom is -0.490 e. The summed E-state index contributed by atoms with van der Waals surface area (Å²) in [6, 6.07) is 6.46. The largest absolute Gasteiger partial charge is 0.490 e. The molecule has 2 aromatic heterocycles. The molecule has 2 heterocycles. The van der Waals surface area contributed by atoms with Crippen molar-refractivity contribution >= 4 is 39.9 Å². The van der Waals surface area contributed by atoms with Gasteiger partial charge in [0.2, 0.25) is 0 Å². The molecule has 0 spiro atoms. The van der Waals surface area contributed by atoms with E-state index in [0.29, 0.717) is 23.1 Å². The van der Waals surface area contributed by atoms with Crippen molar-refractivity contribution in [3.05, 3.63) is 62.4 Å². The normalized spacial score (nSPS) is 11.0. The van der Waals surface area contributed by atoms with E-state index in [1.54, 1.807) is 25.1 Å². The molecule has 0 N–H and O–H groups in total. The number of fused-ring (bicyclic) bond motifs is 1. The zero-order valence-electron chi connectivity index (χ0n) is 16.2. The summed E-state index contributed by atoms with van der Waals surface area (Å²) in [7, 11) is 0. The summed E-state index contributed by atoms with van der Waals surface area (Å²) in [5.74, 6) is 0.101. The fraction of sp³-hybridized carbons (Fsp3) is 0.333. The standard InChI is InChI=1S/C21H21Cl2NO5/c1-3-5-8-29-19-14-10-16(22)17(23)11-15(14)20(25)24(12-13-7-6-9-28-13)18(19)21(26)27-4-2/h6-7,9-11H,3-5,8,12H2,1-2H3. The lowest BCUT2D eigenvalue weighted by Gasteiger charge is -2.19. The summed E-state index contributed by atoms with van der Waals surface area (Å²) in [5.41, 5.74) is -0.392. The number of unbranched alkanes of at least 4 members (excludes halogenated alkanes) is 1. The second kappa shape index (κ2) is 9.37. The van der Waals surface area contributed by atoms with Gasteiger partial charge in [-0.15, -0.1) is 0 Å². The number of carbonyl (C=O) groups excluding carboxylic acids is 1. The molecular formula is C21H21Cl2NO5. The maximum atomic E-state index is 13.3.